The summed E-state index contributed by atoms with van der Waals surface area (Å²) < 4.78 is 0. The summed E-state index contributed by atoms with van der Waals surface area (Å²) in [6, 6.07) is 0. The molecule has 0 saturated carbocycles. The van der Waals surface area contributed by atoms with Gasteiger partial charge in [-0.2, -0.15) is 0 Å². The van der Waals surface area contributed by atoms with E-state index in [2.05, 4.69) is 46.0 Å². The molecule has 1 heteroatoms. The van der Waals surface area contributed by atoms with Crippen LogP contribution in [0.1, 0.15) is 73.1 Å². The highest BCUT2D eigenvalue weighted by Crippen LogP contribution is 2.31. The van der Waals surface area contributed by atoms with E-state index in [-0.39, 0.29) is 5.54 Å². The molecule has 0 aromatic rings. The van der Waals surface area contributed by atoms with Crippen molar-refractivity contribution in [1.82, 2.24) is 5.32 Å². The van der Waals surface area contributed by atoms with Crippen LogP contribution < -0.4 is 5.32 Å². The maximum Gasteiger partial charge on any atom is 0.00967 e. The lowest BCUT2D eigenvalue weighted by Crippen LogP contribution is -2.41. The van der Waals surface area contributed by atoms with Gasteiger partial charge in [0, 0.05) is 12.1 Å². The maximum atomic E-state index is 3.72. The van der Waals surface area contributed by atoms with Crippen molar-refractivity contribution >= 4 is 0 Å². The van der Waals surface area contributed by atoms with Crippen LogP contribution in [0.2, 0.25) is 0 Å². The van der Waals surface area contributed by atoms with Gasteiger partial charge in [-0.1, -0.05) is 38.3 Å². The van der Waals surface area contributed by atoms with Crippen molar-refractivity contribution in [2.24, 2.45) is 11.8 Å². The van der Waals surface area contributed by atoms with E-state index >= 15 is 0 Å². The van der Waals surface area contributed by atoms with Gasteiger partial charge in [-0.25, -0.2) is 0 Å². The lowest BCUT2D eigenvalue weighted by molar-refractivity contribution is 0.311. The molecule has 0 bridgehead atoms. The van der Waals surface area contributed by atoms with E-state index in [1.807, 2.05) is 0 Å². The second-order valence-electron chi connectivity index (χ2n) is 7.03. The van der Waals surface area contributed by atoms with Crippen LogP contribution >= 0.6 is 0 Å². The van der Waals surface area contributed by atoms with E-state index in [9.17, 15) is 0 Å². The average molecular weight is 251 g/mol. The molecule has 0 aromatic carbocycles. The normalized spacial score (nSPS) is 20.4. The standard InChI is InChI=1S/C17H33N/c1-6-10-14(2)16(13-18-17(3,4)5)15-11-8-7-9-12-15/h11,14,16,18H,6-10,12-13H2,1-5H3. The summed E-state index contributed by atoms with van der Waals surface area (Å²) in [6.07, 6.45) is 10.6. The van der Waals surface area contributed by atoms with Gasteiger partial charge in [-0.3, -0.25) is 0 Å². The molecular weight excluding hydrogens is 218 g/mol. The molecule has 2 unspecified atom stereocenters. The Hall–Kier alpha value is -0.300. The molecule has 1 N–H and O–H groups in total. The average Bonchev–Trinajstić information content (AvgIpc) is 2.29. The van der Waals surface area contributed by atoms with E-state index < -0.39 is 0 Å². The summed E-state index contributed by atoms with van der Waals surface area (Å²) in [6.45, 7) is 12.7. The van der Waals surface area contributed by atoms with Crippen molar-refractivity contribution in [2.75, 3.05) is 6.54 Å². The van der Waals surface area contributed by atoms with Crippen LogP contribution in [0.5, 0.6) is 0 Å². The maximum absolute atomic E-state index is 3.72. The molecule has 18 heavy (non-hydrogen) atoms. The van der Waals surface area contributed by atoms with Crippen LogP contribution in [-0.4, -0.2) is 12.1 Å². The fraction of sp³-hybridized carbons (Fsp3) is 0.882. The Kier molecular flexibility index (Phi) is 6.42. The number of allylic oxidation sites excluding steroid dienone is 1. The van der Waals surface area contributed by atoms with Crippen molar-refractivity contribution in [3.8, 4) is 0 Å². The molecule has 0 amide bonds. The summed E-state index contributed by atoms with van der Waals surface area (Å²) in [7, 11) is 0. The Morgan fingerprint density at radius 2 is 2.00 bits per heavy atom. The molecule has 0 spiro atoms. The van der Waals surface area contributed by atoms with E-state index in [0.717, 1.165) is 18.4 Å². The van der Waals surface area contributed by atoms with E-state index in [1.165, 1.54) is 38.5 Å². The quantitative estimate of drug-likeness (QED) is 0.660. The summed E-state index contributed by atoms with van der Waals surface area (Å²) in [5, 5.41) is 3.72. The molecule has 1 nitrogen and oxygen atoms in total. The van der Waals surface area contributed by atoms with Crippen LogP contribution in [0, 0.1) is 11.8 Å². The Balaban J connectivity index is 2.65. The first-order valence-electron chi connectivity index (χ1n) is 7.88. The highest BCUT2D eigenvalue weighted by molar-refractivity contribution is 5.11. The molecule has 1 aliphatic rings. The van der Waals surface area contributed by atoms with Crippen LogP contribution in [0.3, 0.4) is 0 Å². The largest absolute Gasteiger partial charge is 0.311 e. The van der Waals surface area contributed by atoms with Gasteiger partial charge < -0.3 is 5.32 Å². The van der Waals surface area contributed by atoms with E-state index in [1.54, 1.807) is 5.57 Å². The van der Waals surface area contributed by atoms with E-state index in [4.69, 9.17) is 0 Å². The fourth-order valence-corrected chi connectivity index (χ4v) is 2.97. The Morgan fingerprint density at radius 1 is 1.28 bits per heavy atom. The third-order valence-corrected chi connectivity index (χ3v) is 4.09. The third kappa shape index (κ3) is 5.56. The van der Waals surface area contributed by atoms with Gasteiger partial charge in [-0.05, 0) is 58.3 Å². The van der Waals surface area contributed by atoms with Gasteiger partial charge >= 0.3 is 0 Å². The lowest BCUT2D eigenvalue weighted by Gasteiger charge is -2.32. The van der Waals surface area contributed by atoms with Crippen LogP contribution in [0.15, 0.2) is 11.6 Å². The van der Waals surface area contributed by atoms with Gasteiger partial charge in [-0.15, -0.1) is 0 Å². The van der Waals surface area contributed by atoms with Crippen LogP contribution in [0.4, 0.5) is 0 Å². The second-order valence-corrected chi connectivity index (χ2v) is 7.03. The smallest absolute Gasteiger partial charge is 0.00967 e. The Morgan fingerprint density at radius 3 is 2.50 bits per heavy atom. The van der Waals surface area contributed by atoms with Gasteiger partial charge in [0.25, 0.3) is 0 Å². The molecule has 106 valence electrons. The highest BCUT2D eigenvalue weighted by atomic mass is 14.9. The fourth-order valence-electron chi connectivity index (χ4n) is 2.97. The molecule has 0 aliphatic heterocycles. The minimum atomic E-state index is 0.236. The SMILES string of the molecule is CCCC(C)C(CNC(C)(C)C)C1=CCCCC1. The number of nitrogens with one attached hydrogen (secondary N) is 1. The van der Waals surface area contributed by atoms with Gasteiger partial charge in [0.15, 0.2) is 0 Å². The van der Waals surface area contributed by atoms with Gasteiger partial charge in [0.2, 0.25) is 0 Å². The molecule has 1 aliphatic carbocycles. The molecule has 0 saturated heterocycles. The molecule has 0 fully saturated rings. The van der Waals surface area contributed by atoms with Crippen LogP contribution in [-0.2, 0) is 0 Å². The minimum Gasteiger partial charge on any atom is -0.311 e. The van der Waals surface area contributed by atoms with Crippen LogP contribution in [0.25, 0.3) is 0 Å². The van der Waals surface area contributed by atoms with Crippen molar-refractivity contribution in [3.63, 3.8) is 0 Å². The summed E-state index contributed by atoms with van der Waals surface area (Å²) in [4.78, 5) is 0. The third-order valence-electron chi connectivity index (χ3n) is 4.09. The monoisotopic (exact) mass is 251 g/mol. The van der Waals surface area contributed by atoms with Gasteiger partial charge in [0.1, 0.15) is 0 Å². The predicted molar refractivity (Wildman–Crippen MR) is 81.9 cm³/mol. The Labute approximate surface area is 114 Å². The van der Waals surface area contributed by atoms with Gasteiger partial charge in [0.05, 0.1) is 0 Å². The summed E-state index contributed by atoms with van der Waals surface area (Å²) in [5.41, 5.74) is 1.97. The van der Waals surface area contributed by atoms with Crippen molar-refractivity contribution in [2.45, 2.75) is 78.7 Å². The number of rotatable bonds is 6. The molecule has 1 rings (SSSR count). The number of hydrogen-bond donors (Lipinski definition) is 1. The summed E-state index contributed by atoms with van der Waals surface area (Å²) in [5.74, 6) is 1.57. The second kappa shape index (κ2) is 7.33. The summed E-state index contributed by atoms with van der Waals surface area (Å²) >= 11 is 0. The zero-order valence-corrected chi connectivity index (χ0v) is 13.2. The van der Waals surface area contributed by atoms with Crippen molar-refractivity contribution in [3.05, 3.63) is 11.6 Å². The first kappa shape index (κ1) is 15.8. The number of hydrogen-bond acceptors (Lipinski definition) is 1. The topological polar surface area (TPSA) is 12.0 Å². The van der Waals surface area contributed by atoms with E-state index in [0.29, 0.717) is 0 Å². The molecule has 0 heterocycles. The molecule has 0 aromatic heterocycles. The molecule has 2 atom stereocenters. The molecular formula is C17H33N. The minimum absolute atomic E-state index is 0.236. The van der Waals surface area contributed by atoms with Crippen molar-refractivity contribution < 1.29 is 0 Å². The Bertz CT molecular complexity index is 259. The molecule has 0 radical (unpaired) electrons. The first-order valence-corrected chi connectivity index (χ1v) is 7.88. The predicted octanol–water partition coefficient (Wildman–Crippen LogP) is 4.93. The zero-order chi connectivity index (χ0) is 13.6. The van der Waals surface area contributed by atoms with Crippen molar-refractivity contribution in [1.29, 1.82) is 0 Å². The lowest BCUT2D eigenvalue weighted by atomic mass is 9.79. The highest BCUT2D eigenvalue weighted by Gasteiger charge is 2.23. The first-order chi connectivity index (χ1) is 8.44. The zero-order valence-electron chi connectivity index (χ0n) is 13.2.